The molecule has 2 nitrogen and oxygen atoms in total. The third-order valence-corrected chi connectivity index (χ3v) is 10.4. The fraction of sp³-hybridized carbons (Fsp3) is 0.917. The largest absolute Gasteiger partial charge is 0.306 e. The van der Waals surface area contributed by atoms with Crippen molar-refractivity contribution < 1.29 is 0 Å². The van der Waals surface area contributed by atoms with Gasteiger partial charge in [-0.3, -0.25) is 0 Å². The molecule has 3 saturated carbocycles. The van der Waals surface area contributed by atoms with E-state index in [2.05, 4.69) is 50.9 Å². The van der Waals surface area contributed by atoms with Crippen LogP contribution in [0.2, 0.25) is 0 Å². The SMILES string of the molecule is CN1C[C@H]2CC[C@H]3[C@]4(C)CC=C5C[C@@H](N(C)C)CC[C@]5(C)[C@H]4CC[C@]23C1. The summed E-state index contributed by atoms with van der Waals surface area (Å²) in [6.45, 7) is 8.15. The Morgan fingerprint density at radius 1 is 1.04 bits per heavy atom. The molecule has 146 valence electrons. The maximum atomic E-state index is 2.75. The van der Waals surface area contributed by atoms with Gasteiger partial charge in [-0.15, -0.1) is 0 Å². The van der Waals surface area contributed by atoms with Gasteiger partial charge in [0.15, 0.2) is 0 Å². The molecule has 0 bridgehead atoms. The van der Waals surface area contributed by atoms with Gasteiger partial charge in [0.25, 0.3) is 0 Å². The predicted molar refractivity (Wildman–Crippen MR) is 109 cm³/mol. The highest BCUT2D eigenvalue weighted by atomic mass is 15.1. The summed E-state index contributed by atoms with van der Waals surface area (Å²) in [5.74, 6) is 2.90. The van der Waals surface area contributed by atoms with E-state index >= 15 is 0 Å². The number of fused-ring (bicyclic) bond motifs is 4. The van der Waals surface area contributed by atoms with Crippen LogP contribution in [0.15, 0.2) is 11.6 Å². The molecule has 1 heterocycles. The Kier molecular flexibility index (Phi) is 3.82. The Balaban J connectivity index is 1.50. The van der Waals surface area contributed by atoms with Crippen LogP contribution in [0.1, 0.15) is 65.2 Å². The van der Waals surface area contributed by atoms with E-state index in [-0.39, 0.29) is 0 Å². The van der Waals surface area contributed by atoms with Crippen molar-refractivity contribution in [3.05, 3.63) is 11.6 Å². The van der Waals surface area contributed by atoms with Crippen molar-refractivity contribution in [3.63, 3.8) is 0 Å². The summed E-state index contributed by atoms with van der Waals surface area (Å²) in [6, 6.07) is 0.771. The normalized spacial score (nSPS) is 53.7. The summed E-state index contributed by atoms with van der Waals surface area (Å²) in [5, 5.41) is 0. The highest BCUT2D eigenvalue weighted by Gasteiger charge is 2.66. The average Bonchev–Trinajstić information content (AvgIpc) is 3.07. The number of likely N-dealkylation sites (tertiary alicyclic amines) is 1. The molecule has 0 aromatic rings. The van der Waals surface area contributed by atoms with Gasteiger partial charge >= 0.3 is 0 Å². The molecule has 0 radical (unpaired) electrons. The highest BCUT2D eigenvalue weighted by Crippen LogP contribution is 2.72. The van der Waals surface area contributed by atoms with E-state index in [0.717, 1.165) is 23.8 Å². The quantitative estimate of drug-likeness (QED) is 0.622. The van der Waals surface area contributed by atoms with Crippen LogP contribution in [0.25, 0.3) is 0 Å². The van der Waals surface area contributed by atoms with Crippen molar-refractivity contribution >= 4 is 0 Å². The van der Waals surface area contributed by atoms with Crippen LogP contribution in [-0.4, -0.2) is 50.1 Å². The van der Waals surface area contributed by atoms with Crippen LogP contribution in [0.4, 0.5) is 0 Å². The first-order valence-corrected chi connectivity index (χ1v) is 11.3. The Hall–Kier alpha value is -0.340. The Morgan fingerprint density at radius 2 is 1.85 bits per heavy atom. The second-order valence-corrected chi connectivity index (χ2v) is 11.6. The number of hydrogen-bond acceptors (Lipinski definition) is 2. The summed E-state index contributed by atoms with van der Waals surface area (Å²) in [7, 11) is 6.93. The van der Waals surface area contributed by atoms with E-state index in [1.807, 2.05) is 5.57 Å². The van der Waals surface area contributed by atoms with Crippen molar-refractivity contribution in [2.24, 2.45) is 34.0 Å². The van der Waals surface area contributed by atoms with Crippen molar-refractivity contribution in [1.29, 1.82) is 0 Å². The average molecular weight is 357 g/mol. The first-order valence-electron chi connectivity index (χ1n) is 11.3. The summed E-state index contributed by atoms with van der Waals surface area (Å²) >= 11 is 0. The molecule has 4 fully saturated rings. The fourth-order valence-electron chi connectivity index (χ4n) is 9.16. The molecule has 1 saturated heterocycles. The second kappa shape index (κ2) is 5.60. The van der Waals surface area contributed by atoms with Crippen LogP contribution in [0.3, 0.4) is 0 Å². The molecule has 0 aromatic carbocycles. The number of rotatable bonds is 1. The van der Waals surface area contributed by atoms with E-state index in [1.165, 1.54) is 64.5 Å². The van der Waals surface area contributed by atoms with Crippen LogP contribution in [0, 0.1) is 34.0 Å². The lowest BCUT2D eigenvalue weighted by molar-refractivity contribution is -0.105. The minimum atomic E-state index is 0.490. The zero-order valence-corrected chi connectivity index (χ0v) is 17.9. The molecule has 0 aromatic heterocycles. The zero-order valence-electron chi connectivity index (χ0n) is 17.9. The van der Waals surface area contributed by atoms with Crippen LogP contribution in [-0.2, 0) is 0 Å². The Morgan fingerprint density at radius 3 is 2.62 bits per heavy atom. The van der Waals surface area contributed by atoms with Crippen molar-refractivity contribution in [1.82, 2.24) is 9.80 Å². The first-order chi connectivity index (χ1) is 12.3. The van der Waals surface area contributed by atoms with Gasteiger partial charge in [0, 0.05) is 19.1 Å². The van der Waals surface area contributed by atoms with Gasteiger partial charge in [-0.05, 0) is 107 Å². The topological polar surface area (TPSA) is 6.48 Å². The molecule has 2 heteroatoms. The molecule has 7 atom stereocenters. The monoisotopic (exact) mass is 356 g/mol. The van der Waals surface area contributed by atoms with E-state index in [9.17, 15) is 0 Å². The van der Waals surface area contributed by atoms with E-state index in [1.54, 1.807) is 0 Å². The number of allylic oxidation sites excluding steroid dienone is 1. The maximum Gasteiger partial charge on any atom is 0.0127 e. The highest BCUT2D eigenvalue weighted by molar-refractivity contribution is 5.29. The predicted octanol–water partition coefficient (Wildman–Crippen LogP) is 4.81. The molecule has 4 aliphatic carbocycles. The van der Waals surface area contributed by atoms with Gasteiger partial charge in [0.1, 0.15) is 0 Å². The molecular weight excluding hydrogens is 316 g/mol. The van der Waals surface area contributed by atoms with Crippen molar-refractivity contribution in [2.75, 3.05) is 34.2 Å². The lowest BCUT2D eigenvalue weighted by Crippen LogP contribution is -2.57. The molecule has 5 rings (SSSR count). The molecule has 0 N–H and O–H groups in total. The summed E-state index contributed by atoms with van der Waals surface area (Å²) in [5.41, 5.74) is 3.55. The van der Waals surface area contributed by atoms with Crippen LogP contribution >= 0.6 is 0 Å². The maximum absolute atomic E-state index is 2.75. The second-order valence-electron chi connectivity index (χ2n) is 11.6. The van der Waals surface area contributed by atoms with Gasteiger partial charge in [-0.2, -0.15) is 0 Å². The summed E-state index contributed by atoms with van der Waals surface area (Å²) < 4.78 is 0. The van der Waals surface area contributed by atoms with Crippen molar-refractivity contribution in [3.8, 4) is 0 Å². The summed E-state index contributed by atoms with van der Waals surface area (Å²) in [6.07, 6.45) is 14.3. The summed E-state index contributed by atoms with van der Waals surface area (Å²) in [4.78, 5) is 5.13. The first kappa shape index (κ1) is 17.7. The van der Waals surface area contributed by atoms with Gasteiger partial charge in [0.05, 0.1) is 0 Å². The molecule has 5 aliphatic rings. The Bertz CT molecular complexity index is 624. The molecular formula is C24H40N2. The fourth-order valence-corrected chi connectivity index (χ4v) is 9.16. The third kappa shape index (κ3) is 2.12. The lowest BCUT2D eigenvalue weighted by atomic mass is 9.41. The minimum absolute atomic E-state index is 0.490. The van der Waals surface area contributed by atoms with Gasteiger partial charge < -0.3 is 9.80 Å². The zero-order chi connectivity index (χ0) is 18.3. The Labute approximate surface area is 161 Å². The lowest BCUT2D eigenvalue weighted by Gasteiger charge is -2.63. The molecule has 1 aliphatic heterocycles. The standard InChI is InChI=1S/C24H40N2/c1-22-12-9-19(25(3)4)14-17(22)8-11-23(2)20(22)10-13-24-16-26(5)15-18(24)6-7-21(23)24/h8,18-21H,6-7,9-16H2,1-5H3/t18-,19+,20-,21+,22+,23-,24+/m1/s1. The van der Waals surface area contributed by atoms with E-state index < -0.39 is 0 Å². The minimum Gasteiger partial charge on any atom is -0.306 e. The van der Waals surface area contributed by atoms with E-state index in [4.69, 9.17) is 0 Å². The molecule has 26 heavy (non-hydrogen) atoms. The number of hydrogen-bond donors (Lipinski definition) is 0. The van der Waals surface area contributed by atoms with Crippen LogP contribution in [0.5, 0.6) is 0 Å². The van der Waals surface area contributed by atoms with Crippen molar-refractivity contribution in [2.45, 2.75) is 71.3 Å². The smallest absolute Gasteiger partial charge is 0.0127 e. The van der Waals surface area contributed by atoms with Gasteiger partial charge in [-0.1, -0.05) is 25.5 Å². The van der Waals surface area contributed by atoms with Crippen LogP contribution < -0.4 is 0 Å². The van der Waals surface area contributed by atoms with Gasteiger partial charge in [-0.25, -0.2) is 0 Å². The van der Waals surface area contributed by atoms with Gasteiger partial charge in [0.2, 0.25) is 0 Å². The molecule has 1 spiro atoms. The van der Waals surface area contributed by atoms with E-state index in [0.29, 0.717) is 16.2 Å². The third-order valence-electron chi connectivity index (χ3n) is 10.4. The number of nitrogens with zero attached hydrogens (tertiary/aromatic N) is 2. The molecule has 0 unspecified atom stereocenters. The molecule has 0 amide bonds.